The Balaban J connectivity index is 1.28. The molecule has 0 aliphatic carbocycles. The van der Waals surface area contributed by atoms with Gasteiger partial charge in [0.25, 0.3) is 5.91 Å². The molecule has 4 rings (SSSR count). The van der Waals surface area contributed by atoms with Gasteiger partial charge in [0, 0.05) is 37.0 Å². The van der Waals surface area contributed by atoms with Crippen LogP contribution >= 0.6 is 11.3 Å². The summed E-state index contributed by atoms with van der Waals surface area (Å²) in [7, 11) is 0. The third kappa shape index (κ3) is 4.43. The maximum atomic E-state index is 13.9. The molecule has 1 aromatic carbocycles. The first kappa shape index (κ1) is 19.9. The molecular formula is C20H19FN6O2S. The lowest BCUT2D eigenvalue weighted by Crippen LogP contribution is -2.47. The van der Waals surface area contributed by atoms with E-state index in [1.165, 1.54) is 12.3 Å². The van der Waals surface area contributed by atoms with Crippen LogP contribution in [0.1, 0.15) is 22.5 Å². The normalized spacial score (nSPS) is 14.4. The van der Waals surface area contributed by atoms with Crippen molar-refractivity contribution in [1.29, 1.82) is 0 Å². The fraction of sp³-hybridized carbons (Fsp3) is 0.250. The second-order valence-corrected chi connectivity index (χ2v) is 7.79. The minimum absolute atomic E-state index is 0.208. The number of halogens is 1. The smallest absolute Gasteiger partial charge is 0.281 e. The van der Waals surface area contributed by atoms with Gasteiger partial charge in [0.05, 0.1) is 6.20 Å². The number of nitrogens with zero attached hydrogens (tertiary/aromatic N) is 4. The maximum Gasteiger partial charge on any atom is 0.281 e. The highest BCUT2D eigenvalue weighted by molar-refractivity contribution is 7.16. The Kier molecular flexibility index (Phi) is 5.94. The zero-order valence-corrected chi connectivity index (χ0v) is 16.7. The largest absolute Gasteiger partial charge is 0.341 e. The molecule has 10 heteroatoms. The van der Waals surface area contributed by atoms with Crippen molar-refractivity contribution in [3.8, 4) is 10.6 Å². The van der Waals surface area contributed by atoms with E-state index in [1.54, 1.807) is 36.7 Å². The number of carbonyl (C=O) groups is 2. The Morgan fingerprint density at radius 1 is 1.03 bits per heavy atom. The number of rotatable bonds is 4. The van der Waals surface area contributed by atoms with Crippen LogP contribution in [0, 0.1) is 11.7 Å². The standard InChI is InChI=1S/C20H19FN6O2S/c21-15-5-2-1-4-14(15)19-24-12-16(30-19)18(29)26-25-17(28)13-6-10-27(11-7-13)20-22-8-3-9-23-20/h1-5,8-9,12-13H,6-7,10-11H2,(H,25,28)(H,26,29). The van der Waals surface area contributed by atoms with Crippen molar-refractivity contribution >= 4 is 29.1 Å². The van der Waals surface area contributed by atoms with E-state index in [-0.39, 0.29) is 16.7 Å². The number of hydrazine groups is 1. The fourth-order valence-electron chi connectivity index (χ4n) is 3.22. The summed E-state index contributed by atoms with van der Waals surface area (Å²) >= 11 is 1.06. The third-order valence-corrected chi connectivity index (χ3v) is 5.86. The molecule has 0 radical (unpaired) electrons. The molecule has 0 saturated carbocycles. The molecule has 2 amide bonds. The van der Waals surface area contributed by atoms with Crippen LogP contribution in [0.3, 0.4) is 0 Å². The third-order valence-electron chi connectivity index (χ3n) is 4.83. The Hall–Kier alpha value is -3.40. The number of thiazole rings is 1. The van der Waals surface area contributed by atoms with Crippen molar-refractivity contribution in [3.63, 3.8) is 0 Å². The number of anilines is 1. The minimum atomic E-state index is -0.487. The van der Waals surface area contributed by atoms with E-state index in [9.17, 15) is 14.0 Å². The molecule has 154 valence electrons. The first-order chi connectivity index (χ1) is 14.6. The second kappa shape index (κ2) is 8.95. The summed E-state index contributed by atoms with van der Waals surface area (Å²) < 4.78 is 13.9. The Morgan fingerprint density at radius 2 is 1.77 bits per heavy atom. The molecule has 0 spiro atoms. The van der Waals surface area contributed by atoms with E-state index in [0.29, 0.717) is 42.5 Å². The Bertz CT molecular complexity index is 1040. The zero-order chi connectivity index (χ0) is 20.9. The van der Waals surface area contributed by atoms with Gasteiger partial charge >= 0.3 is 0 Å². The number of piperidine rings is 1. The molecule has 0 unspecified atom stereocenters. The van der Waals surface area contributed by atoms with E-state index in [4.69, 9.17) is 0 Å². The SMILES string of the molecule is O=C(NNC(=O)C1CCN(c2ncccn2)CC1)c1cnc(-c2ccccc2F)s1. The number of benzene rings is 1. The van der Waals surface area contributed by atoms with E-state index in [1.807, 2.05) is 4.90 Å². The van der Waals surface area contributed by atoms with Crippen LogP contribution < -0.4 is 15.8 Å². The number of amides is 2. The second-order valence-electron chi connectivity index (χ2n) is 6.76. The lowest BCUT2D eigenvalue weighted by Gasteiger charge is -2.31. The Labute approximate surface area is 176 Å². The van der Waals surface area contributed by atoms with Gasteiger partial charge in [-0.15, -0.1) is 11.3 Å². The van der Waals surface area contributed by atoms with Crippen LogP contribution in [0.5, 0.6) is 0 Å². The molecule has 1 aliphatic rings. The van der Waals surface area contributed by atoms with Crippen LogP contribution in [-0.4, -0.2) is 39.9 Å². The highest BCUT2D eigenvalue weighted by atomic mass is 32.1. The molecule has 1 aliphatic heterocycles. The van der Waals surface area contributed by atoms with Crippen molar-refractivity contribution in [2.24, 2.45) is 5.92 Å². The van der Waals surface area contributed by atoms with Gasteiger partial charge in [-0.3, -0.25) is 20.4 Å². The molecule has 1 saturated heterocycles. The number of nitrogens with one attached hydrogen (secondary N) is 2. The van der Waals surface area contributed by atoms with Gasteiger partial charge in [-0.1, -0.05) is 12.1 Å². The molecule has 0 atom stereocenters. The van der Waals surface area contributed by atoms with Crippen molar-refractivity contribution < 1.29 is 14.0 Å². The first-order valence-electron chi connectivity index (χ1n) is 9.44. The summed E-state index contributed by atoms with van der Waals surface area (Å²) in [4.78, 5) is 39.6. The molecule has 3 heterocycles. The molecule has 8 nitrogen and oxygen atoms in total. The highest BCUT2D eigenvalue weighted by Gasteiger charge is 2.26. The molecule has 1 fully saturated rings. The molecule has 0 bridgehead atoms. The van der Waals surface area contributed by atoms with Crippen molar-refractivity contribution in [2.45, 2.75) is 12.8 Å². The number of hydrogen-bond donors (Lipinski definition) is 2. The topological polar surface area (TPSA) is 100 Å². The van der Waals surface area contributed by atoms with Crippen LogP contribution in [0.4, 0.5) is 10.3 Å². The van der Waals surface area contributed by atoms with Gasteiger partial charge in [-0.25, -0.2) is 19.3 Å². The average Bonchev–Trinajstić information content (AvgIpc) is 3.28. The van der Waals surface area contributed by atoms with Gasteiger partial charge in [0.1, 0.15) is 15.7 Å². The van der Waals surface area contributed by atoms with Crippen LogP contribution in [0.2, 0.25) is 0 Å². The predicted octanol–water partition coefficient (Wildman–Crippen LogP) is 2.42. The van der Waals surface area contributed by atoms with Gasteiger partial charge in [-0.2, -0.15) is 0 Å². The monoisotopic (exact) mass is 426 g/mol. The van der Waals surface area contributed by atoms with Crippen molar-refractivity contribution in [1.82, 2.24) is 25.8 Å². The number of aromatic nitrogens is 3. The predicted molar refractivity (Wildman–Crippen MR) is 110 cm³/mol. The van der Waals surface area contributed by atoms with Crippen molar-refractivity contribution in [3.05, 3.63) is 59.6 Å². The zero-order valence-electron chi connectivity index (χ0n) is 15.9. The first-order valence-corrected chi connectivity index (χ1v) is 10.3. The lowest BCUT2D eigenvalue weighted by atomic mass is 9.96. The van der Waals surface area contributed by atoms with Crippen LogP contribution in [0.25, 0.3) is 10.6 Å². The van der Waals surface area contributed by atoms with Gasteiger partial charge in [0.2, 0.25) is 11.9 Å². The summed E-state index contributed by atoms with van der Waals surface area (Å²) in [5.74, 6) is -0.685. The van der Waals surface area contributed by atoms with Gasteiger partial charge in [0.15, 0.2) is 0 Å². The number of hydrogen-bond acceptors (Lipinski definition) is 7. The van der Waals surface area contributed by atoms with E-state index < -0.39 is 11.7 Å². The molecule has 30 heavy (non-hydrogen) atoms. The van der Waals surface area contributed by atoms with Gasteiger partial charge < -0.3 is 4.90 Å². The summed E-state index contributed by atoms with van der Waals surface area (Å²) in [6.45, 7) is 1.33. The van der Waals surface area contributed by atoms with Crippen LogP contribution in [0.15, 0.2) is 48.9 Å². The van der Waals surface area contributed by atoms with Crippen LogP contribution in [-0.2, 0) is 4.79 Å². The minimum Gasteiger partial charge on any atom is -0.341 e. The van der Waals surface area contributed by atoms with E-state index in [2.05, 4.69) is 25.8 Å². The summed E-state index contributed by atoms with van der Waals surface area (Å²) in [5.41, 5.74) is 5.23. The molecule has 2 aromatic heterocycles. The fourth-order valence-corrected chi connectivity index (χ4v) is 4.05. The van der Waals surface area contributed by atoms with Gasteiger partial charge in [-0.05, 0) is 31.0 Å². The highest BCUT2D eigenvalue weighted by Crippen LogP contribution is 2.27. The molecular weight excluding hydrogens is 407 g/mol. The van der Waals surface area contributed by atoms with E-state index in [0.717, 1.165) is 11.3 Å². The lowest BCUT2D eigenvalue weighted by molar-refractivity contribution is -0.126. The van der Waals surface area contributed by atoms with E-state index >= 15 is 0 Å². The average molecular weight is 426 g/mol. The molecule has 2 N–H and O–H groups in total. The summed E-state index contributed by atoms with van der Waals surface area (Å²) in [5, 5.41) is 0.403. The number of carbonyl (C=O) groups excluding carboxylic acids is 2. The summed E-state index contributed by atoms with van der Waals surface area (Å²) in [6, 6.07) is 7.99. The maximum absolute atomic E-state index is 13.9. The quantitative estimate of drug-likeness (QED) is 0.622. The van der Waals surface area contributed by atoms with Crippen molar-refractivity contribution in [2.75, 3.05) is 18.0 Å². The Morgan fingerprint density at radius 3 is 2.50 bits per heavy atom. The summed E-state index contributed by atoms with van der Waals surface area (Å²) in [6.07, 6.45) is 6.02. The molecule has 3 aromatic rings.